The molecule has 100 valence electrons. The molecule has 1 saturated carbocycles. The Morgan fingerprint density at radius 1 is 1.37 bits per heavy atom. The molecule has 0 bridgehead atoms. The van der Waals surface area contributed by atoms with Crippen LogP contribution in [0.15, 0.2) is 24.3 Å². The van der Waals surface area contributed by atoms with Gasteiger partial charge in [0.1, 0.15) is 6.10 Å². The van der Waals surface area contributed by atoms with Gasteiger partial charge in [-0.1, -0.05) is 24.3 Å². The number of carbonyl (C=O) groups is 1. The van der Waals surface area contributed by atoms with Gasteiger partial charge in [-0.25, -0.2) is 0 Å². The number of hydrogen-bond donors (Lipinski definition) is 3. The molecule has 1 aromatic carbocycles. The number of aliphatic hydroxyl groups excluding tert-OH is 2. The van der Waals surface area contributed by atoms with Gasteiger partial charge in [0.25, 0.3) is 0 Å². The van der Waals surface area contributed by atoms with Crippen LogP contribution in [0.25, 0.3) is 0 Å². The number of aliphatic hydroxyl groups is 2. The predicted molar refractivity (Wildman–Crippen MR) is 66.2 cm³/mol. The topological polar surface area (TPSA) is 102 Å². The lowest BCUT2D eigenvalue weighted by Crippen LogP contribution is -2.25. The van der Waals surface area contributed by atoms with E-state index in [0.29, 0.717) is 24.0 Å². The monoisotopic (exact) mass is 261 g/mol. The van der Waals surface area contributed by atoms with Crippen LogP contribution in [-0.2, 0) is 10.2 Å². The third-order valence-electron chi connectivity index (χ3n) is 3.62. The van der Waals surface area contributed by atoms with Crippen molar-refractivity contribution >= 4 is 5.97 Å². The molecule has 1 aliphatic carbocycles. The second-order valence-corrected chi connectivity index (χ2v) is 4.85. The minimum absolute atomic E-state index is 0.199. The largest absolute Gasteiger partial charge is 0.481 e. The summed E-state index contributed by atoms with van der Waals surface area (Å²) in [5.74, 6) is -0.915. The van der Waals surface area contributed by atoms with Crippen molar-refractivity contribution < 1.29 is 20.1 Å². The van der Waals surface area contributed by atoms with Crippen LogP contribution in [0.5, 0.6) is 0 Å². The summed E-state index contributed by atoms with van der Waals surface area (Å²) in [6.07, 6.45) is -1.60. The van der Waals surface area contributed by atoms with Crippen molar-refractivity contribution in [3.63, 3.8) is 0 Å². The highest BCUT2D eigenvalue weighted by Crippen LogP contribution is 2.50. The molecule has 2 rings (SSSR count). The normalized spacial score (nSPS) is 19.2. The first-order valence-corrected chi connectivity index (χ1v) is 6.09. The van der Waals surface area contributed by atoms with E-state index in [0.717, 1.165) is 0 Å². The number of nitriles is 1. The Morgan fingerprint density at radius 3 is 2.53 bits per heavy atom. The quantitative estimate of drug-likeness (QED) is 0.737. The summed E-state index contributed by atoms with van der Waals surface area (Å²) in [6.45, 7) is 0. The van der Waals surface area contributed by atoms with Crippen molar-refractivity contribution in [2.45, 2.75) is 36.9 Å². The summed E-state index contributed by atoms with van der Waals surface area (Å²) in [5.41, 5.74) is -0.0126. The summed E-state index contributed by atoms with van der Waals surface area (Å²) < 4.78 is 0. The molecule has 0 aliphatic heterocycles. The van der Waals surface area contributed by atoms with Crippen molar-refractivity contribution in [3.05, 3.63) is 35.4 Å². The zero-order chi connectivity index (χ0) is 14.0. The number of nitrogens with zero attached hydrogens (tertiary/aromatic N) is 1. The van der Waals surface area contributed by atoms with E-state index in [4.69, 9.17) is 5.26 Å². The first kappa shape index (κ1) is 13.5. The fraction of sp³-hybridized carbons (Fsp3) is 0.429. The third kappa shape index (κ3) is 2.33. The lowest BCUT2D eigenvalue weighted by atomic mass is 9.87. The average Bonchev–Trinajstić information content (AvgIpc) is 3.19. The number of rotatable bonds is 5. The van der Waals surface area contributed by atoms with Gasteiger partial charge in [0.2, 0.25) is 0 Å². The molecule has 0 aromatic heterocycles. The fourth-order valence-electron chi connectivity index (χ4n) is 2.33. The highest BCUT2D eigenvalue weighted by atomic mass is 16.4. The molecule has 2 unspecified atom stereocenters. The van der Waals surface area contributed by atoms with Crippen molar-refractivity contribution in [1.82, 2.24) is 0 Å². The Bertz CT molecular complexity index is 530. The first-order valence-electron chi connectivity index (χ1n) is 6.09. The molecule has 0 spiro atoms. The lowest BCUT2D eigenvalue weighted by Gasteiger charge is -2.22. The summed E-state index contributed by atoms with van der Waals surface area (Å²) in [4.78, 5) is 11.4. The summed E-state index contributed by atoms with van der Waals surface area (Å²) >= 11 is 0. The van der Waals surface area contributed by atoms with Crippen LogP contribution in [0, 0.1) is 11.3 Å². The van der Waals surface area contributed by atoms with Crippen LogP contribution < -0.4 is 0 Å². The second-order valence-electron chi connectivity index (χ2n) is 4.85. The number of hydrogen-bond acceptors (Lipinski definition) is 4. The molecule has 5 nitrogen and oxygen atoms in total. The van der Waals surface area contributed by atoms with Crippen molar-refractivity contribution in [1.29, 1.82) is 5.26 Å². The van der Waals surface area contributed by atoms with Crippen molar-refractivity contribution in [3.8, 4) is 6.07 Å². The fourth-order valence-corrected chi connectivity index (χ4v) is 2.33. The van der Waals surface area contributed by atoms with Gasteiger partial charge >= 0.3 is 5.97 Å². The minimum Gasteiger partial charge on any atom is -0.481 e. The maximum absolute atomic E-state index is 11.4. The third-order valence-corrected chi connectivity index (χ3v) is 3.62. The summed E-state index contributed by atoms with van der Waals surface area (Å²) in [6, 6.07) is 8.45. The van der Waals surface area contributed by atoms with Crippen LogP contribution in [0.2, 0.25) is 0 Å². The molecule has 3 N–H and O–H groups in total. The van der Waals surface area contributed by atoms with E-state index in [1.165, 1.54) is 0 Å². The molecule has 19 heavy (non-hydrogen) atoms. The Labute approximate surface area is 110 Å². The van der Waals surface area contributed by atoms with Gasteiger partial charge in [0.05, 0.1) is 24.0 Å². The molecule has 0 radical (unpaired) electrons. The van der Waals surface area contributed by atoms with Gasteiger partial charge < -0.3 is 15.3 Å². The van der Waals surface area contributed by atoms with E-state index < -0.39 is 23.6 Å². The summed E-state index contributed by atoms with van der Waals surface area (Å²) in [5, 5.41) is 37.6. The van der Waals surface area contributed by atoms with Crippen LogP contribution in [0.3, 0.4) is 0 Å². The number of aliphatic carboxylic acids is 1. The van der Waals surface area contributed by atoms with E-state index in [9.17, 15) is 20.1 Å². The molecule has 0 heterocycles. The van der Waals surface area contributed by atoms with Crippen molar-refractivity contribution in [2.75, 3.05) is 0 Å². The molecular formula is C14H15NO4. The van der Waals surface area contributed by atoms with Gasteiger partial charge in [0, 0.05) is 0 Å². The highest BCUT2D eigenvalue weighted by Gasteiger charge is 2.53. The Hall–Kier alpha value is -1.90. The Balaban J connectivity index is 2.38. The maximum atomic E-state index is 11.4. The van der Waals surface area contributed by atoms with Crippen LogP contribution in [0.1, 0.15) is 36.5 Å². The van der Waals surface area contributed by atoms with E-state index >= 15 is 0 Å². The standard InChI is InChI=1S/C14H15NO4/c15-8-5-11(16)12(17)9-3-1-2-4-10(9)14(6-7-14)13(18)19/h1-4,11-12,16-17H,5-7H2,(H,18,19). The van der Waals surface area contributed by atoms with Gasteiger partial charge in [0.15, 0.2) is 0 Å². The van der Waals surface area contributed by atoms with Gasteiger partial charge in [-0.2, -0.15) is 5.26 Å². The first-order chi connectivity index (χ1) is 9.03. The van der Waals surface area contributed by atoms with Gasteiger partial charge in [-0.05, 0) is 24.0 Å². The van der Waals surface area contributed by atoms with Crippen LogP contribution >= 0.6 is 0 Å². The van der Waals surface area contributed by atoms with Crippen LogP contribution in [0.4, 0.5) is 0 Å². The molecule has 1 aromatic rings. The number of carboxylic acid groups (broad SMARTS) is 1. The average molecular weight is 261 g/mol. The highest BCUT2D eigenvalue weighted by molar-refractivity contribution is 5.85. The van der Waals surface area contributed by atoms with Crippen LogP contribution in [-0.4, -0.2) is 27.4 Å². The van der Waals surface area contributed by atoms with Gasteiger partial charge in [-0.3, -0.25) is 4.79 Å². The Kier molecular flexibility index (Phi) is 3.56. The van der Waals surface area contributed by atoms with E-state index in [-0.39, 0.29) is 6.42 Å². The molecule has 5 heteroatoms. The molecule has 2 atom stereocenters. The Morgan fingerprint density at radius 2 is 2.00 bits per heavy atom. The number of benzene rings is 1. The molecule has 1 fully saturated rings. The minimum atomic E-state index is -1.24. The van der Waals surface area contributed by atoms with E-state index in [1.807, 2.05) is 0 Å². The summed E-state index contributed by atoms with van der Waals surface area (Å²) in [7, 11) is 0. The molecular weight excluding hydrogens is 246 g/mol. The molecule has 0 saturated heterocycles. The predicted octanol–water partition coefficient (Wildman–Crippen LogP) is 1.11. The smallest absolute Gasteiger partial charge is 0.314 e. The molecule has 0 amide bonds. The number of carboxylic acids is 1. The van der Waals surface area contributed by atoms with E-state index in [1.54, 1.807) is 30.3 Å². The zero-order valence-corrected chi connectivity index (χ0v) is 10.3. The van der Waals surface area contributed by atoms with Crippen molar-refractivity contribution in [2.24, 2.45) is 0 Å². The SMILES string of the molecule is N#CCC(O)C(O)c1ccccc1C1(C(=O)O)CC1. The molecule has 1 aliphatic rings. The zero-order valence-electron chi connectivity index (χ0n) is 10.3. The maximum Gasteiger partial charge on any atom is 0.314 e. The van der Waals surface area contributed by atoms with E-state index in [2.05, 4.69) is 0 Å². The van der Waals surface area contributed by atoms with Gasteiger partial charge in [-0.15, -0.1) is 0 Å². The second kappa shape index (κ2) is 5.00. The lowest BCUT2D eigenvalue weighted by molar-refractivity contribution is -0.140.